The molecule has 1 aliphatic carbocycles. The maximum absolute atomic E-state index is 3.68. The Hall–Kier alpha value is -0.520. The molecule has 1 aromatic carbocycles. The van der Waals surface area contributed by atoms with Crippen molar-refractivity contribution in [3.8, 4) is 0 Å². The van der Waals surface area contributed by atoms with Gasteiger partial charge in [-0.25, -0.2) is 0 Å². The fourth-order valence-electron chi connectivity index (χ4n) is 6.06. The van der Waals surface area contributed by atoms with Gasteiger partial charge in [0.25, 0.3) is 0 Å². The molecule has 2 aliphatic heterocycles. The first kappa shape index (κ1) is 21.7. The molecule has 0 bridgehead atoms. The van der Waals surface area contributed by atoms with Gasteiger partial charge in [-0.15, -0.1) is 18.5 Å². The Morgan fingerprint density at radius 3 is 2.00 bits per heavy atom. The van der Waals surface area contributed by atoms with E-state index in [9.17, 15) is 0 Å². The molecular formula is C25H38N2P2. The molecule has 4 heteroatoms. The Morgan fingerprint density at radius 2 is 1.55 bits per heavy atom. The van der Waals surface area contributed by atoms with Crippen LogP contribution >= 0.6 is 18.5 Å². The lowest BCUT2D eigenvalue weighted by molar-refractivity contribution is 0.269. The van der Waals surface area contributed by atoms with E-state index in [0.29, 0.717) is 17.8 Å². The van der Waals surface area contributed by atoms with E-state index in [1.54, 1.807) is 11.1 Å². The third-order valence-electron chi connectivity index (χ3n) is 7.41. The molecule has 1 aromatic rings. The summed E-state index contributed by atoms with van der Waals surface area (Å²) in [4.78, 5) is 0. The van der Waals surface area contributed by atoms with Crippen LogP contribution in [-0.4, -0.2) is 37.5 Å². The van der Waals surface area contributed by atoms with Gasteiger partial charge in [0, 0.05) is 11.1 Å². The van der Waals surface area contributed by atoms with Gasteiger partial charge in [0.15, 0.2) is 0 Å². The summed E-state index contributed by atoms with van der Waals surface area (Å²) in [6.07, 6.45) is 6.14. The van der Waals surface area contributed by atoms with Crippen molar-refractivity contribution in [2.75, 3.05) is 32.3 Å². The predicted molar refractivity (Wildman–Crippen MR) is 133 cm³/mol. The van der Waals surface area contributed by atoms with Gasteiger partial charge in [0.1, 0.15) is 0 Å². The molecule has 2 nitrogen and oxygen atoms in total. The molecule has 29 heavy (non-hydrogen) atoms. The second-order valence-corrected chi connectivity index (χ2v) is 11.6. The van der Waals surface area contributed by atoms with Crippen molar-refractivity contribution >= 4 is 24.1 Å². The van der Waals surface area contributed by atoms with Gasteiger partial charge in [-0.2, -0.15) is 0 Å². The highest BCUT2D eigenvalue weighted by atomic mass is 31.0. The minimum absolute atomic E-state index is 0.157. The normalized spacial score (nSPS) is 30.0. The van der Waals surface area contributed by atoms with Crippen LogP contribution in [0.25, 0.3) is 5.57 Å². The first-order valence-corrected chi connectivity index (χ1v) is 12.7. The molecule has 0 amide bonds. The number of rotatable bonds is 5. The van der Waals surface area contributed by atoms with Crippen LogP contribution < -0.4 is 10.6 Å². The second-order valence-electron chi connectivity index (χ2n) is 10.2. The minimum Gasteiger partial charge on any atom is -0.316 e. The van der Waals surface area contributed by atoms with E-state index in [2.05, 4.69) is 86.3 Å². The number of hydrogen-bond donors (Lipinski definition) is 2. The fraction of sp³-hybridized carbons (Fsp3) is 0.600. The Morgan fingerprint density at radius 1 is 0.966 bits per heavy atom. The number of nitrogens with one attached hydrogen (secondary N) is 2. The maximum Gasteiger partial charge on any atom is 0.0150 e. The van der Waals surface area contributed by atoms with Crippen molar-refractivity contribution in [3.05, 3.63) is 53.1 Å². The summed E-state index contributed by atoms with van der Waals surface area (Å²) >= 11 is 0. The lowest BCUT2D eigenvalue weighted by Crippen LogP contribution is -2.47. The average Bonchev–Trinajstić information content (AvgIpc) is 3.48. The molecule has 5 unspecified atom stereocenters. The quantitative estimate of drug-likeness (QED) is 0.662. The van der Waals surface area contributed by atoms with Crippen LogP contribution in [0.2, 0.25) is 0 Å². The summed E-state index contributed by atoms with van der Waals surface area (Å²) in [6, 6.07) is 11.1. The van der Waals surface area contributed by atoms with Crippen molar-refractivity contribution in [1.82, 2.24) is 10.6 Å². The van der Waals surface area contributed by atoms with Crippen molar-refractivity contribution in [2.24, 2.45) is 23.2 Å². The highest BCUT2D eigenvalue weighted by molar-refractivity contribution is 7.19. The van der Waals surface area contributed by atoms with Crippen LogP contribution in [0.1, 0.15) is 39.2 Å². The van der Waals surface area contributed by atoms with Crippen LogP contribution in [0.5, 0.6) is 0 Å². The standard InChI is InChI=1S/C25H38N2P2/c1-24(2,3)23-21(17-7-5-4-6-8-17)13-18(16-28)22(23)25(29,19-9-11-26-14-19)20-10-12-27-15-20/h4-8,13,19-20,23,26-27H,9-12,14-16,28-29H2,1-3H3. The highest BCUT2D eigenvalue weighted by Gasteiger charge is 2.52. The first-order chi connectivity index (χ1) is 13.9. The van der Waals surface area contributed by atoms with Gasteiger partial charge in [-0.3, -0.25) is 0 Å². The summed E-state index contributed by atoms with van der Waals surface area (Å²) in [7, 11) is 6.49. The average molecular weight is 429 g/mol. The third kappa shape index (κ3) is 3.92. The Kier molecular flexibility index (Phi) is 6.40. The highest BCUT2D eigenvalue weighted by Crippen LogP contribution is 2.59. The van der Waals surface area contributed by atoms with Crippen molar-refractivity contribution in [1.29, 1.82) is 0 Å². The molecule has 0 saturated carbocycles. The summed E-state index contributed by atoms with van der Waals surface area (Å²) in [5, 5.41) is 7.51. The minimum atomic E-state index is 0.157. The van der Waals surface area contributed by atoms with Crippen LogP contribution in [0.4, 0.5) is 0 Å². The smallest absolute Gasteiger partial charge is 0.0150 e. The molecule has 4 rings (SSSR count). The second kappa shape index (κ2) is 8.55. The molecule has 2 fully saturated rings. The predicted octanol–water partition coefficient (Wildman–Crippen LogP) is 4.75. The van der Waals surface area contributed by atoms with Crippen LogP contribution in [0, 0.1) is 23.2 Å². The van der Waals surface area contributed by atoms with Gasteiger partial charge in [-0.1, -0.05) is 57.2 Å². The maximum atomic E-state index is 3.68. The van der Waals surface area contributed by atoms with E-state index < -0.39 is 0 Å². The SMILES string of the molecule is CC(C)(C)C1C(c2ccccc2)=CC(CP)=C1C(P)(C1CCNC1)C1CCNC1. The molecule has 0 radical (unpaired) electrons. The van der Waals surface area contributed by atoms with Gasteiger partial charge in [0.05, 0.1) is 0 Å². The summed E-state index contributed by atoms with van der Waals surface area (Å²) in [5.74, 6) is 1.83. The van der Waals surface area contributed by atoms with Crippen LogP contribution in [0.15, 0.2) is 47.6 Å². The van der Waals surface area contributed by atoms with E-state index in [0.717, 1.165) is 32.3 Å². The lowest BCUT2D eigenvalue weighted by Gasteiger charge is -2.48. The van der Waals surface area contributed by atoms with Crippen molar-refractivity contribution < 1.29 is 0 Å². The topological polar surface area (TPSA) is 24.1 Å². The number of benzene rings is 1. The Balaban J connectivity index is 1.86. The van der Waals surface area contributed by atoms with Crippen LogP contribution in [0.3, 0.4) is 0 Å². The first-order valence-electron chi connectivity index (χ1n) is 11.3. The zero-order valence-electron chi connectivity index (χ0n) is 18.3. The largest absolute Gasteiger partial charge is 0.316 e. The molecule has 5 atom stereocenters. The third-order valence-corrected chi connectivity index (χ3v) is 9.10. The molecule has 3 aliphatic rings. The lowest BCUT2D eigenvalue weighted by atomic mass is 9.63. The molecule has 158 valence electrons. The zero-order chi connectivity index (χ0) is 20.6. The molecule has 0 aromatic heterocycles. The number of allylic oxidation sites excluding steroid dienone is 4. The van der Waals surface area contributed by atoms with Crippen molar-refractivity contribution in [3.63, 3.8) is 0 Å². The molecule has 0 spiro atoms. The Labute approximate surface area is 182 Å². The van der Waals surface area contributed by atoms with Crippen molar-refractivity contribution in [2.45, 2.75) is 38.8 Å². The van der Waals surface area contributed by atoms with Gasteiger partial charge in [0.2, 0.25) is 0 Å². The summed E-state index contributed by atoms with van der Waals surface area (Å²) in [5.41, 5.74) is 6.36. The van der Waals surface area contributed by atoms with E-state index in [-0.39, 0.29) is 10.6 Å². The molecule has 2 N–H and O–H groups in total. The summed E-state index contributed by atoms with van der Waals surface area (Å²) in [6.45, 7) is 11.9. The van der Waals surface area contributed by atoms with Gasteiger partial charge in [-0.05, 0) is 84.7 Å². The fourth-order valence-corrected chi connectivity index (χ4v) is 7.32. The molecule has 2 saturated heterocycles. The number of hydrogen-bond acceptors (Lipinski definition) is 2. The van der Waals surface area contributed by atoms with E-state index >= 15 is 0 Å². The monoisotopic (exact) mass is 428 g/mol. The Bertz CT molecular complexity index is 763. The molecule has 2 heterocycles. The van der Waals surface area contributed by atoms with Gasteiger partial charge < -0.3 is 10.6 Å². The van der Waals surface area contributed by atoms with E-state index in [1.807, 2.05) is 0 Å². The molecular weight excluding hydrogens is 390 g/mol. The van der Waals surface area contributed by atoms with E-state index in [4.69, 9.17) is 0 Å². The van der Waals surface area contributed by atoms with E-state index in [1.165, 1.54) is 24.0 Å². The van der Waals surface area contributed by atoms with Crippen LogP contribution in [-0.2, 0) is 0 Å². The summed E-state index contributed by atoms with van der Waals surface area (Å²) < 4.78 is 0. The zero-order valence-corrected chi connectivity index (χ0v) is 20.6. The van der Waals surface area contributed by atoms with Gasteiger partial charge >= 0.3 is 0 Å².